The van der Waals surface area contributed by atoms with Crippen molar-refractivity contribution in [2.24, 2.45) is 5.73 Å². The Morgan fingerprint density at radius 1 is 1.44 bits per heavy atom. The molecule has 3 aromatic rings. The Balaban J connectivity index is 2.50. The number of benzene rings is 1. The van der Waals surface area contributed by atoms with Gasteiger partial charge in [-0.1, -0.05) is 18.7 Å². The quantitative estimate of drug-likeness (QED) is 0.784. The SMILES string of the molecule is C=Cc1ccc2c(c1)c1ncc(C(N)=O)c(OC)c1n2CC(F)(F)F. The number of carbonyl (C=O) groups excluding carboxylic acids is 1. The fraction of sp³-hybridized carbons (Fsp3) is 0.176. The summed E-state index contributed by atoms with van der Waals surface area (Å²) in [6.45, 7) is 2.41. The zero-order valence-electron chi connectivity index (χ0n) is 13.2. The lowest BCUT2D eigenvalue weighted by molar-refractivity contribution is -0.139. The van der Waals surface area contributed by atoms with Crippen LogP contribution in [0.4, 0.5) is 13.2 Å². The van der Waals surface area contributed by atoms with Crippen LogP contribution in [0.1, 0.15) is 15.9 Å². The lowest BCUT2D eigenvalue weighted by Crippen LogP contribution is -2.18. The maximum Gasteiger partial charge on any atom is 0.406 e. The number of fused-ring (bicyclic) bond motifs is 3. The highest BCUT2D eigenvalue weighted by Gasteiger charge is 2.31. The Bertz CT molecular complexity index is 1010. The molecule has 0 saturated carbocycles. The van der Waals surface area contributed by atoms with Gasteiger partial charge in [0.2, 0.25) is 0 Å². The first-order chi connectivity index (χ1) is 11.8. The van der Waals surface area contributed by atoms with E-state index in [4.69, 9.17) is 10.5 Å². The van der Waals surface area contributed by atoms with Gasteiger partial charge in [0, 0.05) is 11.6 Å². The van der Waals surface area contributed by atoms with Crippen molar-refractivity contribution in [3.05, 3.63) is 42.1 Å². The number of rotatable bonds is 4. The Morgan fingerprint density at radius 3 is 2.72 bits per heavy atom. The zero-order valence-corrected chi connectivity index (χ0v) is 13.2. The summed E-state index contributed by atoms with van der Waals surface area (Å²) in [4.78, 5) is 15.8. The van der Waals surface area contributed by atoms with Crippen LogP contribution in [0.3, 0.4) is 0 Å². The number of primary amides is 1. The zero-order chi connectivity index (χ0) is 18.4. The minimum Gasteiger partial charge on any atom is -0.494 e. The number of alkyl halides is 3. The van der Waals surface area contributed by atoms with Gasteiger partial charge >= 0.3 is 6.18 Å². The van der Waals surface area contributed by atoms with Gasteiger partial charge in [-0.25, -0.2) is 0 Å². The molecule has 130 valence electrons. The van der Waals surface area contributed by atoms with Crippen molar-refractivity contribution < 1.29 is 22.7 Å². The number of amides is 1. The van der Waals surface area contributed by atoms with Crippen molar-refractivity contribution >= 4 is 33.9 Å². The second-order valence-corrected chi connectivity index (χ2v) is 5.45. The molecule has 0 spiro atoms. The number of methoxy groups -OCH3 is 1. The average Bonchev–Trinajstić information content (AvgIpc) is 2.85. The maximum absolute atomic E-state index is 13.1. The molecule has 0 atom stereocenters. The van der Waals surface area contributed by atoms with Crippen molar-refractivity contribution in [1.82, 2.24) is 9.55 Å². The summed E-state index contributed by atoms with van der Waals surface area (Å²) in [6, 6.07) is 4.90. The van der Waals surface area contributed by atoms with Gasteiger partial charge in [-0.05, 0) is 17.7 Å². The van der Waals surface area contributed by atoms with E-state index in [0.717, 1.165) is 10.1 Å². The second-order valence-electron chi connectivity index (χ2n) is 5.45. The number of nitrogens with zero attached hydrogens (tertiary/aromatic N) is 2. The molecule has 0 aliphatic carbocycles. The number of carbonyl (C=O) groups is 1. The van der Waals surface area contributed by atoms with Crippen LogP contribution in [0.15, 0.2) is 31.0 Å². The molecule has 1 aromatic carbocycles. The molecule has 0 aliphatic rings. The number of nitrogens with two attached hydrogens (primary N) is 1. The van der Waals surface area contributed by atoms with Crippen LogP contribution in [0, 0.1) is 0 Å². The number of hydrogen-bond donors (Lipinski definition) is 1. The van der Waals surface area contributed by atoms with E-state index in [1.165, 1.54) is 13.3 Å². The van der Waals surface area contributed by atoms with Crippen LogP contribution in [0.25, 0.3) is 28.0 Å². The van der Waals surface area contributed by atoms with E-state index >= 15 is 0 Å². The van der Waals surface area contributed by atoms with Gasteiger partial charge in [-0.2, -0.15) is 13.2 Å². The van der Waals surface area contributed by atoms with E-state index in [1.807, 2.05) is 0 Å². The van der Waals surface area contributed by atoms with Crippen molar-refractivity contribution in [2.45, 2.75) is 12.7 Å². The molecule has 0 bridgehead atoms. The highest BCUT2D eigenvalue weighted by molar-refractivity contribution is 6.11. The van der Waals surface area contributed by atoms with Crippen molar-refractivity contribution in [3.8, 4) is 5.75 Å². The summed E-state index contributed by atoms with van der Waals surface area (Å²) in [5.74, 6) is -0.861. The van der Waals surface area contributed by atoms with Gasteiger partial charge in [0.25, 0.3) is 5.91 Å². The molecule has 0 unspecified atom stereocenters. The summed E-state index contributed by atoms with van der Waals surface area (Å²) in [5, 5.41) is 0.506. The molecule has 0 aliphatic heterocycles. The Morgan fingerprint density at radius 2 is 2.16 bits per heavy atom. The van der Waals surface area contributed by atoms with Gasteiger partial charge in [-0.15, -0.1) is 0 Å². The van der Waals surface area contributed by atoms with Crippen molar-refractivity contribution in [1.29, 1.82) is 0 Å². The fourth-order valence-electron chi connectivity index (χ4n) is 2.88. The van der Waals surface area contributed by atoms with Gasteiger partial charge in [-0.3, -0.25) is 9.78 Å². The van der Waals surface area contributed by atoms with E-state index in [1.54, 1.807) is 24.3 Å². The van der Waals surface area contributed by atoms with Gasteiger partial charge < -0.3 is 15.0 Å². The van der Waals surface area contributed by atoms with Crippen molar-refractivity contribution in [2.75, 3.05) is 7.11 Å². The predicted molar refractivity (Wildman–Crippen MR) is 88.5 cm³/mol. The van der Waals surface area contributed by atoms with Crippen LogP contribution in [0.5, 0.6) is 5.75 Å². The summed E-state index contributed by atoms with van der Waals surface area (Å²) in [5.41, 5.74) is 6.65. The summed E-state index contributed by atoms with van der Waals surface area (Å²) in [6.07, 6.45) is -1.67. The largest absolute Gasteiger partial charge is 0.494 e. The molecule has 2 heterocycles. The summed E-state index contributed by atoms with van der Waals surface area (Å²) in [7, 11) is 1.27. The number of halogens is 3. The molecular formula is C17H14F3N3O2. The van der Waals surface area contributed by atoms with E-state index in [-0.39, 0.29) is 16.8 Å². The number of aromatic nitrogens is 2. The standard InChI is InChI=1S/C17H14F3N3O2/c1-3-9-4-5-12-10(6-9)13-14(23(12)8-17(18,19)20)15(25-2)11(7-22-13)16(21)24/h3-7H,1,8H2,2H3,(H2,21,24). The van der Waals surface area contributed by atoms with E-state index in [0.29, 0.717) is 16.4 Å². The minimum absolute atomic E-state index is 0.0295. The second kappa shape index (κ2) is 5.80. The van der Waals surface area contributed by atoms with Gasteiger partial charge in [0.1, 0.15) is 17.6 Å². The van der Waals surface area contributed by atoms with Crippen LogP contribution in [-0.2, 0) is 6.54 Å². The number of pyridine rings is 1. The van der Waals surface area contributed by atoms with Crippen LogP contribution < -0.4 is 10.5 Å². The molecular weight excluding hydrogens is 335 g/mol. The van der Waals surface area contributed by atoms with E-state index in [2.05, 4.69) is 11.6 Å². The molecule has 1 amide bonds. The molecule has 2 N–H and O–H groups in total. The Labute approximate surface area is 140 Å². The summed E-state index contributed by atoms with van der Waals surface area (Å²) >= 11 is 0. The molecule has 8 heteroatoms. The third-order valence-electron chi connectivity index (χ3n) is 3.89. The highest BCUT2D eigenvalue weighted by Crippen LogP contribution is 2.37. The predicted octanol–water partition coefficient (Wildman–Crippen LogP) is 3.50. The first-order valence-corrected chi connectivity index (χ1v) is 7.24. The van der Waals surface area contributed by atoms with Gasteiger partial charge in [0.05, 0.1) is 18.1 Å². The van der Waals surface area contributed by atoms with E-state index in [9.17, 15) is 18.0 Å². The molecule has 0 saturated heterocycles. The third-order valence-corrected chi connectivity index (χ3v) is 3.89. The summed E-state index contributed by atoms with van der Waals surface area (Å²) < 4.78 is 45.6. The third kappa shape index (κ3) is 2.79. The van der Waals surface area contributed by atoms with Crippen LogP contribution >= 0.6 is 0 Å². The smallest absolute Gasteiger partial charge is 0.406 e. The highest BCUT2D eigenvalue weighted by atomic mass is 19.4. The maximum atomic E-state index is 13.1. The Hall–Kier alpha value is -3.03. The van der Waals surface area contributed by atoms with Crippen LogP contribution in [0.2, 0.25) is 0 Å². The van der Waals surface area contributed by atoms with Crippen LogP contribution in [-0.4, -0.2) is 28.7 Å². The number of ether oxygens (including phenoxy) is 1. The molecule has 2 aromatic heterocycles. The van der Waals surface area contributed by atoms with Gasteiger partial charge in [0.15, 0.2) is 5.75 Å². The fourth-order valence-corrected chi connectivity index (χ4v) is 2.88. The van der Waals surface area contributed by atoms with Crippen molar-refractivity contribution in [3.63, 3.8) is 0 Å². The molecule has 25 heavy (non-hydrogen) atoms. The van der Waals surface area contributed by atoms with E-state index < -0.39 is 18.6 Å². The topological polar surface area (TPSA) is 70.1 Å². The molecule has 0 fully saturated rings. The molecule has 3 rings (SSSR count). The minimum atomic E-state index is -4.47. The molecule has 0 radical (unpaired) electrons. The number of hydrogen-bond acceptors (Lipinski definition) is 3. The lowest BCUT2D eigenvalue weighted by Gasteiger charge is -2.13. The first kappa shape index (κ1) is 16.8. The first-order valence-electron chi connectivity index (χ1n) is 7.24. The Kier molecular flexibility index (Phi) is 3.90. The average molecular weight is 349 g/mol. The lowest BCUT2D eigenvalue weighted by atomic mass is 10.1. The molecule has 5 nitrogen and oxygen atoms in total. The normalized spacial score (nSPS) is 11.8. The monoisotopic (exact) mass is 349 g/mol.